The Labute approximate surface area is 113 Å². The van der Waals surface area contributed by atoms with Crippen LogP contribution in [0.3, 0.4) is 0 Å². The Morgan fingerprint density at radius 3 is 2.85 bits per heavy atom. The van der Waals surface area contributed by atoms with Gasteiger partial charge in [0, 0.05) is 17.2 Å². The van der Waals surface area contributed by atoms with E-state index >= 15 is 0 Å². The molecule has 9 nitrogen and oxygen atoms in total. The van der Waals surface area contributed by atoms with Crippen LogP contribution in [-0.2, 0) is 0 Å². The van der Waals surface area contributed by atoms with Crippen LogP contribution in [0.1, 0.15) is 34.7 Å². The van der Waals surface area contributed by atoms with Gasteiger partial charge in [-0.15, -0.1) is 10.2 Å². The van der Waals surface area contributed by atoms with Crippen molar-refractivity contribution < 1.29 is 9.72 Å². The van der Waals surface area contributed by atoms with Gasteiger partial charge in [-0.2, -0.15) is 5.21 Å². The van der Waals surface area contributed by atoms with Crippen molar-refractivity contribution in [1.82, 2.24) is 25.9 Å². The third kappa shape index (κ3) is 2.60. The second-order valence-electron chi connectivity index (χ2n) is 4.17. The van der Waals surface area contributed by atoms with Crippen molar-refractivity contribution in [3.05, 3.63) is 45.3 Å². The molecule has 0 aliphatic rings. The van der Waals surface area contributed by atoms with Gasteiger partial charge in [0.05, 0.1) is 11.0 Å². The molecule has 0 aliphatic carbocycles. The molecule has 2 aromatic rings. The SMILES string of the molecule is Cc1c(C(=O)NC(C)c2nn[nH]n2)cccc1[N+](=O)[O-]. The van der Waals surface area contributed by atoms with Crippen LogP contribution in [-0.4, -0.2) is 31.5 Å². The molecule has 1 aromatic carbocycles. The normalized spacial score (nSPS) is 11.9. The average molecular weight is 276 g/mol. The van der Waals surface area contributed by atoms with Crippen LogP contribution in [0.15, 0.2) is 18.2 Å². The molecule has 2 rings (SSSR count). The number of H-pyrrole nitrogens is 1. The maximum absolute atomic E-state index is 12.1. The molecule has 2 N–H and O–H groups in total. The summed E-state index contributed by atoms with van der Waals surface area (Å²) >= 11 is 0. The van der Waals surface area contributed by atoms with Crippen molar-refractivity contribution in [2.24, 2.45) is 0 Å². The predicted molar refractivity (Wildman–Crippen MR) is 67.9 cm³/mol. The Balaban J connectivity index is 2.22. The van der Waals surface area contributed by atoms with E-state index in [9.17, 15) is 14.9 Å². The molecule has 0 bridgehead atoms. The van der Waals surface area contributed by atoms with E-state index in [0.717, 1.165) is 0 Å². The van der Waals surface area contributed by atoms with Gasteiger partial charge in [-0.1, -0.05) is 11.3 Å². The Hall–Kier alpha value is -2.84. The molecule has 20 heavy (non-hydrogen) atoms. The van der Waals surface area contributed by atoms with E-state index in [1.54, 1.807) is 6.92 Å². The number of hydrogen-bond donors (Lipinski definition) is 2. The van der Waals surface area contributed by atoms with Crippen LogP contribution in [0.4, 0.5) is 5.69 Å². The summed E-state index contributed by atoms with van der Waals surface area (Å²) in [4.78, 5) is 22.5. The largest absolute Gasteiger partial charge is 0.342 e. The van der Waals surface area contributed by atoms with E-state index in [2.05, 4.69) is 25.9 Å². The molecule has 1 amide bonds. The zero-order chi connectivity index (χ0) is 14.7. The molecule has 0 saturated heterocycles. The van der Waals surface area contributed by atoms with Crippen molar-refractivity contribution in [2.45, 2.75) is 19.9 Å². The number of aromatic amines is 1. The fraction of sp³-hybridized carbons (Fsp3) is 0.273. The number of nitrogens with one attached hydrogen (secondary N) is 2. The van der Waals surface area contributed by atoms with Crippen LogP contribution in [0.25, 0.3) is 0 Å². The van der Waals surface area contributed by atoms with Crippen molar-refractivity contribution in [3.8, 4) is 0 Å². The first-order chi connectivity index (χ1) is 9.50. The van der Waals surface area contributed by atoms with Crippen molar-refractivity contribution in [3.63, 3.8) is 0 Å². The molecule has 1 heterocycles. The molecule has 0 radical (unpaired) electrons. The molecule has 1 atom stereocenters. The second-order valence-corrected chi connectivity index (χ2v) is 4.17. The van der Waals surface area contributed by atoms with Crippen LogP contribution >= 0.6 is 0 Å². The third-order valence-electron chi connectivity index (χ3n) is 2.84. The fourth-order valence-electron chi connectivity index (χ4n) is 1.76. The minimum Gasteiger partial charge on any atom is -0.342 e. The summed E-state index contributed by atoms with van der Waals surface area (Å²) < 4.78 is 0. The Morgan fingerprint density at radius 2 is 2.25 bits per heavy atom. The number of nitrogens with zero attached hydrogens (tertiary/aromatic N) is 4. The maximum atomic E-state index is 12.1. The van der Waals surface area contributed by atoms with E-state index in [-0.39, 0.29) is 11.3 Å². The molecular weight excluding hydrogens is 264 g/mol. The van der Waals surface area contributed by atoms with E-state index in [4.69, 9.17) is 0 Å². The lowest BCUT2D eigenvalue weighted by molar-refractivity contribution is -0.385. The molecule has 0 saturated carbocycles. The molecule has 1 unspecified atom stereocenters. The van der Waals surface area contributed by atoms with E-state index in [1.807, 2.05) is 0 Å². The number of carbonyl (C=O) groups excluding carboxylic acids is 1. The van der Waals surface area contributed by atoms with E-state index in [0.29, 0.717) is 11.4 Å². The third-order valence-corrected chi connectivity index (χ3v) is 2.84. The van der Waals surface area contributed by atoms with Gasteiger partial charge >= 0.3 is 0 Å². The zero-order valence-corrected chi connectivity index (χ0v) is 10.8. The highest BCUT2D eigenvalue weighted by Crippen LogP contribution is 2.21. The zero-order valence-electron chi connectivity index (χ0n) is 10.8. The summed E-state index contributed by atoms with van der Waals surface area (Å²) in [5.41, 5.74) is 0.467. The number of amides is 1. The maximum Gasteiger partial charge on any atom is 0.273 e. The predicted octanol–water partition coefficient (Wildman–Crippen LogP) is 0.907. The smallest absolute Gasteiger partial charge is 0.273 e. The number of tetrazole rings is 1. The summed E-state index contributed by atoms with van der Waals surface area (Å²) in [5.74, 6) is -0.0927. The van der Waals surface area contributed by atoms with E-state index in [1.165, 1.54) is 25.1 Å². The molecule has 0 aliphatic heterocycles. The topological polar surface area (TPSA) is 127 Å². The number of rotatable bonds is 4. The average Bonchev–Trinajstić information content (AvgIpc) is 2.92. The first kappa shape index (κ1) is 13.6. The first-order valence-electron chi connectivity index (χ1n) is 5.79. The number of carbonyl (C=O) groups is 1. The highest BCUT2D eigenvalue weighted by molar-refractivity contribution is 5.96. The summed E-state index contributed by atoms with van der Waals surface area (Å²) in [5, 5.41) is 26.7. The highest BCUT2D eigenvalue weighted by atomic mass is 16.6. The lowest BCUT2D eigenvalue weighted by Crippen LogP contribution is -2.28. The minimum absolute atomic E-state index is 0.0927. The molecule has 9 heteroatoms. The monoisotopic (exact) mass is 276 g/mol. The molecular formula is C11H12N6O3. The molecule has 0 spiro atoms. The van der Waals surface area contributed by atoms with Gasteiger partial charge in [0.2, 0.25) is 0 Å². The minimum atomic E-state index is -0.519. The number of benzene rings is 1. The van der Waals surface area contributed by atoms with Gasteiger partial charge in [-0.3, -0.25) is 14.9 Å². The van der Waals surface area contributed by atoms with Crippen molar-refractivity contribution in [1.29, 1.82) is 0 Å². The van der Waals surface area contributed by atoms with Gasteiger partial charge in [-0.05, 0) is 19.9 Å². The number of nitro groups is 1. The van der Waals surface area contributed by atoms with Gasteiger partial charge < -0.3 is 5.32 Å². The molecule has 1 aromatic heterocycles. The summed E-state index contributed by atoms with van der Waals surface area (Å²) in [6.07, 6.45) is 0. The van der Waals surface area contributed by atoms with Crippen molar-refractivity contribution in [2.75, 3.05) is 0 Å². The standard InChI is InChI=1S/C11H12N6O3/c1-6-8(4-3-5-9(6)17(19)20)11(18)12-7(2)10-13-15-16-14-10/h3-5,7H,1-2H3,(H,12,18)(H,13,14,15,16). The van der Waals surface area contributed by atoms with Crippen LogP contribution in [0.2, 0.25) is 0 Å². The fourth-order valence-corrected chi connectivity index (χ4v) is 1.76. The number of nitro benzene ring substituents is 1. The highest BCUT2D eigenvalue weighted by Gasteiger charge is 2.20. The van der Waals surface area contributed by atoms with E-state index < -0.39 is 16.9 Å². The van der Waals surface area contributed by atoms with Crippen LogP contribution in [0.5, 0.6) is 0 Å². The summed E-state index contributed by atoms with van der Waals surface area (Å²) in [7, 11) is 0. The van der Waals surface area contributed by atoms with Gasteiger partial charge in [0.1, 0.15) is 0 Å². The van der Waals surface area contributed by atoms with Gasteiger partial charge in [0.15, 0.2) is 5.82 Å². The number of aromatic nitrogens is 4. The van der Waals surface area contributed by atoms with Gasteiger partial charge in [-0.25, -0.2) is 0 Å². The van der Waals surface area contributed by atoms with Gasteiger partial charge in [0.25, 0.3) is 11.6 Å². The molecule has 0 fully saturated rings. The summed E-state index contributed by atoms with van der Waals surface area (Å²) in [6.45, 7) is 3.22. The van der Waals surface area contributed by atoms with Crippen LogP contribution in [0, 0.1) is 17.0 Å². The van der Waals surface area contributed by atoms with Crippen molar-refractivity contribution >= 4 is 11.6 Å². The summed E-state index contributed by atoms with van der Waals surface area (Å²) in [6, 6.07) is 3.90. The molecule has 104 valence electrons. The Bertz CT molecular complexity index is 640. The Kier molecular flexibility index (Phi) is 3.69. The second kappa shape index (κ2) is 5.43. The number of hydrogen-bond acceptors (Lipinski definition) is 6. The lowest BCUT2D eigenvalue weighted by atomic mass is 10.1. The first-order valence-corrected chi connectivity index (χ1v) is 5.79. The lowest BCUT2D eigenvalue weighted by Gasteiger charge is -2.11. The Morgan fingerprint density at radius 1 is 1.50 bits per heavy atom. The quantitative estimate of drug-likeness (QED) is 0.631. The van der Waals surface area contributed by atoms with Crippen LogP contribution < -0.4 is 5.32 Å².